The van der Waals surface area contributed by atoms with E-state index in [1.165, 1.54) is 65.0 Å². The number of azide groups is 1. The number of rotatable bonds is 14. The van der Waals surface area contributed by atoms with Crippen LogP contribution >= 0.6 is 0 Å². The topological polar surface area (TPSA) is 349 Å². The number of methoxy groups -OCH3 is 3. The van der Waals surface area contributed by atoms with Crippen LogP contribution in [-0.4, -0.2) is 90.1 Å². The zero-order chi connectivity index (χ0) is 64.6. The predicted molar refractivity (Wildman–Crippen MR) is 320 cm³/mol. The number of ether oxygens (including phenoxy) is 3. The van der Waals surface area contributed by atoms with Crippen LogP contribution in [0.2, 0.25) is 0 Å². The Morgan fingerprint density at radius 2 is 1.16 bits per heavy atom. The molecule has 1 amide bonds. The standard InChI is InChI=1S/C14H18O2.C13H16O2.C9H8N2O2.C9H10O2.C8H8N4O3S.C5H10.C2H3N.BH.H3N2O.Na.U/c1-4-13(2)10-14(13,12(15)16-3)11-8-6-5-7-9-11;1-3-12(2)9-13(12,11(14)15)10-7-5-4-6-8-10;1-13-9(12)8(11-10)7-5-3-2-4-6-7;1-11-9(10)7-8-5-3-2-4-6-8;1-6(13)10-7-2-4-8(5-3-7)16(14,15)12-11-9;1-4-5(2)3;1-2-3;;1-2-3;;/h5-9H,4,10H2,1-3H3;4-8H,3,9H2,1-2H3,(H,14,15);2-6H,1H3;2-6H,7H2,1H3;2-5H,1H3,(H,10,13);2,4H2,1,3H3;1H3;1H;3H,1H2;;/q;;;;;;;;-1;+1;/i;;;;;;;1D;;;. The van der Waals surface area contributed by atoms with Gasteiger partial charge in [0, 0.05) is 68.5 Å². The van der Waals surface area contributed by atoms with Crippen molar-refractivity contribution in [2.45, 2.75) is 110 Å². The van der Waals surface area contributed by atoms with Gasteiger partial charge in [0.15, 0.2) is 0 Å². The van der Waals surface area contributed by atoms with Gasteiger partial charge in [0.1, 0.15) is 0 Å². The van der Waals surface area contributed by atoms with Crippen LogP contribution in [-0.2, 0) is 65.5 Å². The second-order valence-electron chi connectivity index (χ2n) is 18.6. The van der Waals surface area contributed by atoms with E-state index in [0.717, 1.165) is 48.8 Å². The molecule has 4 unspecified atom stereocenters. The number of sulfonamides is 1. The van der Waals surface area contributed by atoms with Crippen LogP contribution in [0.3, 0.4) is 0 Å². The average Bonchev–Trinajstić information content (AvgIpc) is 1.57. The number of allylic oxidation sites excluding steroid dienone is 1. The number of nitrogens with one attached hydrogen (secondary N) is 1. The fourth-order valence-electron chi connectivity index (χ4n) is 8.10. The Kier molecular flexibility index (Phi) is 42.6. The molecule has 7 rings (SSSR count). The molecule has 448 valence electrons. The van der Waals surface area contributed by atoms with Crippen LogP contribution < -0.4 is 40.7 Å². The molecule has 2 aliphatic rings. The number of hydrogen-bond donors (Lipinski definition) is 4. The maximum Gasteiger partial charge on any atom is 1.00 e. The Labute approximate surface area is 549 Å². The molecule has 21 nitrogen and oxygen atoms in total. The molecular formula is C60H77BN9NaO12SU. The van der Waals surface area contributed by atoms with Crippen LogP contribution in [0.1, 0.15) is 110 Å². The second kappa shape index (κ2) is 43.9. The zero-order valence-electron chi connectivity index (χ0n) is 51.5. The van der Waals surface area contributed by atoms with Gasteiger partial charge in [-0.1, -0.05) is 149 Å². The molecule has 0 bridgehead atoms. The van der Waals surface area contributed by atoms with Crippen LogP contribution in [0.4, 0.5) is 5.69 Å². The minimum Gasteiger partial charge on any atom is -0.488 e. The van der Waals surface area contributed by atoms with Crippen molar-refractivity contribution in [2.24, 2.45) is 21.2 Å². The van der Waals surface area contributed by atoms with Gasteiger partial charge in [-0.15, -0.1) is 6.58 Å². The van der Waals surface area contributed by atoms with Gasteiger partial charge in [-0.3, -0.25) is 19.2 Å². The molecule has 85 heavy (non-hydrogen) atoms. The first-order chi connectivity index (χ1) is 39.8. The van der Waals surface area contributed by atoms with E-state index in [9.17, 15) is 37.5 Å². The summed E-state index contributed by atoms with van der Waals surface area (Å²) in [6.45, 7) is 19.0. The maximum absolute atomic E-state index is 12.0. The third-order valence-electron chi connectivity index (χ3n) is 13.3. The summed E-state index contributed by atoms with van der Waals surface area (Å²) in [7, 11) is 3.89. The number of hydrogen-bond acceptors (Lipinski definition) is 13. The summed E-state index contributed by atoms with van der Waals surface area (Å²) in [4.78, 5) is 61.0. The molecule has 2 fully saturated rings. The molecule has 0 spiro atoms. The van der Waals surface area contributed by atoms with Crippen molar-refractivity contribution in [1.29, 1.82) is 6.60 Å². The Hall–Kier alpha value is -6.68. The summed E-state index contributed by atoms with van der Waals surface area (Å²) >= 11 is 0. The van der Waals surface area contributed by atoms with Crippen molar-refractivity contribution in [3.8, 4) is 6.07 Å². The van der Waals surface area contributed by atoms with Crippen LogP contribution in [0.15, 0.2) is 167 Å². The predicted octanol–water partition coefficient (Wildman–Crippen LogP) is 8.15. The molecule has 0 aliphatic heterocycles. The number of aliphatic carboxylic acids is 1. The Morgan fingerprint density at radius 3 is 1.48 bits per heavy atom. The molecule has 4 atom stereocenters. The fraction of sp³-hybridized carbons (Fsp3) is 0.350. The summed E-state index contributed by atoms with van der Waals surface area (Å²) < 4.78 is 44.4. The minimum atomic E-state index is -3.96. The van der Waals surface area contributed by atoms with Gasteiger partial charge in [0.05, 0.1) is 55.1 Å². The molecular weight excluding hydrogens is 1340 g/mol. The number of benzene rings is 5. The van der Waals surface area contributed by atoms with E-state index >= 15 is 0 Å². The smallest absolute Gasteiger partial charge is 0.488 e. The molecule has 5 N–H and O–H groups in total. The number of nitriles is 1. The van der Waals surface area contributed by atoms with E-state index in [2.05, 4.69) is 84.4 Å². The molecule has 2 aliphatic carbocycles. The second-order valence-corrected chi connectivity index (χ2v) is 20.2. The number of nitrogens with two attached hydrogens (primary N) is 1. The number of anilines is 1. The van der Waals surface area contributed by atoms with E-state index in [1.807, 2.05) is 104 Å². The van der Waals surface area contributed by atoms with Crippen molar-refractivity contribution in [3.05, 3.63) is 202 Å². The SMILES string of the molecule is C=C(C)CC.CC#N.CC(=O)Nc1ccc(S(=O)(=O)N=[N+]=[N-])cc1.CCC1(C)CC1(C(=O)O)c1ccccc1.CCC1(C)CC1(C(=O)OC)c1ccccc1.COC(=O)C(=[N+]=[N-])c1ccccc1.COC(=O)Cc1ccccc1.N[N-]O.[2H][B].[Na+].[U]. The van der Waals surface area contributed by atoms with E-state index < -0.39 is 32.8 Å². The van der Waals surface area contributed by atoms with E-state index in [4.69, 9.17) is 27.6 Å². The van der Waals surface area contributed by atoms with Gasteiger partial charge in [-0.25, -0.2) is 13.2 Å². The van der Waals surface area contributed by atoms with Gasteiger partial charge in [0.2, 0.25) is 5.91 Å². The van der Waals surface area contributed by atoms with Gasteiger partial charge in [-0.2, -0.15) is 10.1 Å². The third-order valence-corrected chi connectivity index (χ3v) is 14.4. The van der Waals surface area contributed by atoms with Gasteiger partial charge >= 0.3 is 59.1 Å². The number of carbonyl (C=O) groups excluding carboxylic acids is 4. The van der Waals surface area contributed by atoms with Crippen molar-refractivity contribution >= 4 is 59.6 Å². The van der Waals surface area contributed by atoms with Crippen molar-refractivity contribution in [2.75, 3.05) is 26.6 Å². The quantitative estimate of drug-likeness (QED) is 0.00779. The normalized spacial score (nSPS) is 17.3. The molecule has 0 aromatic heterocycles. The van der Waals surface area contributed by atoms with Crippen LogP contribution in [0.25, 0.3) is 21.6 Å². The molecule has 2 radical (unpaired) electrons. The van der Waals surface area contributed by atoms with E-state index in [-0.39, 0.29) is 100.0 Å². The molecule has 0 saturated heterocycles. The summed E-state index contributed by atoms with van der Waals surface area (Å²) in [5.74, 6) is 2.14. The van der Waals surface area contributed by atoms with Gasteiger partial charge < -0.3 is 46.8 Å². The Balaban J connectivity index is -0.000000464. The molecule has 25 heteroatoms. The Bertz CT molecular complexity index is 3100. The largest absolute Gasteiger partial charge is 1.00 e. The molecule has 0 heterocycles. The first-order valence-electron chi connectivity index (χ1n) is 26.0. The number of carboxylic acids is 1. The third kappa shape index (κ3) is 27.1. The van der Waals surface area contributed by atoms with Crippen molar-refractivity contribution in [3.63, 3.8) is 0 Å². The number of carbonyl (C=O) groups is 5. The van der Waals surface area contributed by atoms with Crippen LogP contribution in [0, 0.1) is 53.3 Å². The minimum absolute atomic E-state index is 0. The van der Waals surface area contributed by atoms with E-state index in [0.29, 0.717) is 17.7 Å². The first-order valence-corrected chi connectivity index (χ1v) is 26.9. The van der Waals surface area contributed by atoms with Gasteiger partial charge in [0.25, 0.3) is 10.0 Å². The monoisotopic (exact) mass is 1420 g/mol. The number of nitrogens with zero attached hydrogens (tertiary/aromatic N) is 7. The summed E-state index contributed by atoms with van der Waals surface area (Å²) in [6, 6.07) is 44.7. The molecule has 5 aromatic carbocycles. The van der Waals surface area contributed by atoms with Gasteiger partial charge in [-0.05, 0) is 110 Å². The first kappa shape index (κ1) is 82.5. The Morgan fingerprint density at radius 1 is 0.776 bits per heavy atom. The fourth-order valence-corrected chi connectivity index (χ4v) is 8.77. The number of carboxylic acid groups (broad SMARTS) is 1. The maximum atomic E-state index is 12.0. The number of amides is 1. The van der Waals surface area contributed by atoms with Crippen molar-refractivity contribution in [1.82, 2.24) is 0 Å². The molecule has 2 saturated carbocycles. The average molecular weight is 1420 g/mol. The summed E-state index contributed by atoms with van der Waals surface area (Å²) in [5, 5.41) is 26.2. The summed E-state index contributed by atoms with van der Waals surface area (Å²) in [6.07, 6.45) is 5.03. The number of esters is 3. The van der Waals surface area contributed by atoms with Crippen LogP contribution in [0.5, 0.6) is 0 Å². The molecule has 5 aromatic rings. The van der Waals surface area contributed by atoms with Crippen molar-refractivity contribution < 1.29 is 122 Å². The van der Waals surface area contributed by atoms with E-state index in [1.54, 1.807) is 36.4 Å². The zero-order valence-corrected chi connectivity index (χ0v) is 57.5. The summed E-state index contributed by atoms with van der Waals surface area (Å²) in [5.41, 5.74) is 22.7.